The van der Waals surface area contributed by atoms with Gasteiger partial charge in [-0.15, -0.1) is 0 Å². The molecule has 9 nitrogen and oxygen atoms in total. The van der Waals surface area contributed by atoms with Crippen molar-refractivity contribution < 1.29 is 22.7 Å². The van der Waals surface area contributed by atoms with Gasteiger partial charge >= 0.3 is 0 Å². The minimum atomic E-state index is -3.65. The van der Waals surface area contributed by atoms with Gasteiger partial charge in [-0.1, -0.05) is 12.1 Å². The second-order valence-corrected chi connectivity index (χ2v) is 10.0. The van der Waals surface area contributed by atoms with E-state index in [4.69, 9.17) is 9.47 Å². The van der Waals surface area contributed by atoms with E-state index in [0.29, 0.717) is 58.3 Å². The van der Waals surface area contributed by atoms with E-state index < -0.39 is 10.0 Å². The van der Waals surface area contributed by atoms with Crippen molar-refractivity contribution in [3.8, 4) is 0 Å². The number of hydrogen-bond acceptors (Lipinski definition) is 7. The first-order valence-corrected chi connectivity index (χ1v) is 12.5. The highest BCUT2D eigenvalue weighted by Gasteiger charge is 2.27. The number of amides is 1. The van der Waals surface area contributed by atoms with Gasteiger partial charge in [0.15, 0.2) is 0 Å². The van der Waals surface area contributed by atoms with E-state index in [1.807, 2.05) is 31.2 Å². The summed E-state index contributed by atoms with van der Waals surface area (Å²) in [6.45, 7) is 5.98. The Bertz CT molecular complexity index is 1080. The number of ether oxygens (including phenoxy) is 2. The monoisotopic (exact) mass is 474 g/mol. The van der Waals surface area contributed by atoms with Crippen molar-refractivity contribution in [2.75, 3.05) is 74.7 Å². The Hall–Kier alpha value is -2.66. The summed E-state index contributed by atoms with van der Waals surface area (Å²) in [7, 11) is -3.65. The molecule has 2 fully saturated rings. The first-order chi connectivity index (χ1) is 15.9. The van der Waals surface area contributed by atoms with Gasteiger partial charge in [-0.2, -0.15) is 4.31 Å². The molecule has 0 saturated carbocycles. The zero-order chi connectivity index (χ0) is 23.3. The molecule has 1 amide bonds. The third-order valence-corrected chi connectivity index (χ3v) is 7.56. The number of carbonyl (C=O) groups is 1. The number of rotatable bonds is 7. The molecule has 0 aromatic heterocycles. The standard InChI is InChI=1S/C23H30N4O5S/c1-18-3-2-4-19(15-18)25-23(28)17-24-21-16-20(33(29,30)27-9-13-32-14-10-27)5-6-22(21)26-7-11-31-12-8-26/h2-6,15-16,24H,7-14,17H2,1H3,(H,25,28). The van der Waals surface area contributed by atoms with Crippen LogP contribution in [-0.2, 0) is 24.3 Å². The van der Waals surface area contributed by atoms with Crippen LogP contribution in [0.2, 0.25) is 0 Å². The molecular formula is C23H30N4O5S. The number of aryl methyl sites for hydroxylation is 1. The molecule has 0 radical (unpaired) electrons. The average molecular weight is 475 g/mol. The lowest BCUT2D eigenvalue weighted by Crippen LogP contribution is -2.40. The summed E-state index contributed by atoms with van der Waals surface area (Å²) >= 11 is 0. The van der Waals surface area contributed by atoms with Gasteiger partial charge in [0.1, 0.15) is 0 Å². The number of morpholine rings is 2. The molecule has 0 unspecified atom stereocenters. The SMILES string of the molecule is Cc1cccc(NC(=O)CNc2cc(S(=O)(=O)N3CCOCC3)ccc2N2CCOCC2)c1. The molecule has 2 N–H and O–H groups in total. The van der Waals surface area contributed by atoms with Crippen LogP contribution in [0.1, 0.15) is 5.56 Å². The summed E-state index contributed by atoms with van der Waals surface area (Å²) in [5, 5.41) is 6.03. The summed E-state index contributed by atoms with van der Waals surface area (Å²) in [5.74, 6) is -0.213. The highest BCUT2D eigenvalue weighted by Crippen LogP contribution is 2.31. The summed E-state index contributed by atoms with van der Waals surface area (Å²) < 4.78 is 38.5. The van der Waals surface area contributed by atoms with Gasteiger partial charge in [0.05, 0.1) is 49.2 Å². The number of hydrogen-bond donors (Lipinski definition) is 2. The van der Waals surface area contributed by atoms with E-state index in [-0.39, 0.29) is 17.3 Å². The Kier molecular flexibility index (Phi) is 7.49. The molecule has 0 spiro atoms. The Morgan fingerprint density at radius 3 is 2.36 bits per heavy atom. The Labute approximate surface area is 194 Å². The topological polar surface area (TPSA) is 100 Å². The number of nitrogens with zero attached hydrogens (tertiary/aromatic N) is 2. The van der Waals surface area contributed by atoms with E-state index in [0.717, 1.165) is 16.9 Å². The maximum absolute atomic E-state index is 13.2. The van der Waals surface area contributed by atoms with E-state index in [9.17, 15) is 13.2 Å². The van der Waals surface area contributed by atoms with Crippen molar-refractivity contribution in [3.63, 3.8) is 0 Å². The fraction of sp³-hybridized carbons (Fsp3) is 0.435. The van der Waals surface area contributed by atoms with E-state index in [1.165, 1.54) is 4.31 Å². The summed E-state index contributed by atoms with van der Waals surface area (Å²) in [5.41, 5.74) is 3.23. The van der Waals surface area contributed by atoms with E-state index in [2.05, 4.69) is 15.5 Å². The number of benzene rings is 2. The van der Waals surface area contributed by atoms with Gasteiger partial charge in [0.25, 0.3) is 0 Å². The first kappa shape index (κ1) is 23.5. The molecule has 0 aliphatic carbocycles. The van der Waals surface area contributed by atoms with Gasteiger partial charge in [0.2, 0.25) is 15.9 Å². The van der Waals surface area contributed by atoms with Crippen LogP contribution < -0.4 is 15.5 Å². The first-order valence-electron chi connectivity index (χ1n) is 11.1. The summed E-state index contributed by atoms with van der Waals surface area (Å²) in [4.78, 5) is 14.9. The van der Waals surface area contributed by atoms with Crippen molar-refractivity contribution in [1.29, 1.82) is 0 Å². The summed E-state index contributed by atoms with van der Waals surface area (Å²) in [6.07, 6.45) is 0. The van der Waals surface area contributed by atoms with Gasteiger partial charge < -0.3 is 25.0 Å². The molecule has 2 saturated heterocycles. The van der Waals surface area contributed by atoms with Crippen LogP contribution in [-0.4, -0.2) is 77.8 Å². The Balaban J connectivity index is 1.55. The lowest BCUT2D eigenvalue weighted by molar-refractivity contribution is -0.114. The molecule has 4 rings (SSSR count). The van der Waals surface area contributed by atoms with Gasteiger partial charge in [0, 0.05) is 31.9 Å². The largest absolute Gasteiger partial charge is 0.379 e. The van der Waals surface area contributed by atoms with Gasteiger partial charge in [-0.3, -0.25) is 4.79 Å². The van der Waals surface area contributed by atoms with Crippen LogP contribution in [0.4, 0.5) is 17.1 Å². The molecular weight excluding hydrogens is 444 g/mol. The second-order valence-electron chi connectivity index (χ2n) is 8.07. The highest BCUT2D eigenvalue weighted by molar-refractivity contribution is 7.89. The van der Waals surface area contributed by atoms with Gasteiger partial charge in [-0.05, 0) is 42.8 Å². The number of carbonyl (C=O) groups excluding carboxylic acids is 1. The number of nitrogens with one attached hydrogen (secondary N) is 2. The lowest BCUT2D eigenvalue weighted by atomic mass is 10.2. The highest BCUT2D eigenvalue weighted by atomic mass is 32.2. The molecule has 0 bridgehead atoms. The van der Waals surface area contributed by atoms with Crippen molar-refractivity contribution in [2.45, 2.75) is 11.8 Å². The minimum Gasteiger partial charge on any atom is -0.379 e. The normalized spacial score (nSPS) is 17.5. The zero-order valence-electron chi connectivity index (χ0n) is 18.7. The number of anilines is 3. The quantitative estimate of drug-likeness (QED) is 0.632. The molecule has 33 heavy (non-hydrogen) atoms. The fourth-order valence-corrected chi connectivity index (χ4v) is 5.37. The maximum Gasteiger partial charge on any atom is 0.243 e. The van der Waals surface area contributed by atoms with Crippen molar-refractivity contribution in [2.24, 2.45) is 0 Å². The van der Waals surface area contributed by atoms with Crippen LogP contribution in [0, 0.1) is 6.92 Å². The van der Waals surface area contributed by atoms with Crippen LogP contribution in [0.3, 0.4) is 0 Å². The lowest BCUT2D eigenvalue weighted by Gasteiger charge is -2.31. The number of sulfonamides is 1. The molecule has 178 valence electrons. The zero-order valence-corrected chi connectivity index (χ0v) is 19.6. The van der Waals surface area contributed by atoms with Crippen LogP contribution in [0.15, 0.2) is 47.4 Å². The molecule has 2 aliphatic rings. The van der Waals surface area contributed by atoms with Crippen LogP contribution in [0.25, 0.3) is 0 Å². The molecule has 2 aliphatic heterocycles. The Morgan fingerprint density at radius 1 is 0.970 bits per heavy atom. The van der Waals surface area contributed by atoms with Crippen molar-refractivity contribution >= 4 is 33.0 Å². The predicted molar refractivity (Wildman–Crippen MR) is 127 cm³/mol. The predicted octanol–water partition coefficient (Wildman–Crippen LogP) is 1.90. The summed E-state index contributed by atoms with van der Waals surface area (Å²) in [6, 6.07) is 12.6. The average Bonchev–Trinajstić information content (AvgIpc) is 2.83. The second kappa shape index (κ2) is 10.5. The smallest absolute Gasteiger partial charge is 0.243 e. The third-order valence-electron chi connectivity index (χ3n) is 5.67. The molecule has 0 atom stereocenters. The van der Waals surface area contributed by atoms with E-state index >= 15 is 0 Å². The molecule has 2 heterocycles. The van der Waals surface area contributed by atoms with Crippen molar-refractivity contribution in [1.82, 2.24) is 4.31 Å². The van der Waals surface area contributed by atoms with Crippen LogP contribution >= 0.6 is 0 Å². The van der Waals surface area contributed by atoms with E-state index in [1.54, 1.807) is 18.2 Å². The maximum atomic E-state index is 13.2. The molecule has 2 aromatic carbocycles. The van der Waals surface area contributed by atoms with Crippen molar-refractivity contribution in [3.05, 3.63) is 48.0 Å². The van der Waals surface area contributed by atoms with Gasteiger partial charge in [-0.25, -0.2) is 8.42 Å². The van der Waals surface area contributed by atoms with Crippen LogP contribution in [0.5, 0.6) is 0 Å². The third kappa shape index (κ3) is 5.83. The molecule has 2 aromatic rings. The Morgan fingerprint density at radius 2 is 1.67 bits per heavy atom. The fourth-order valence-electron chi connectivity index (χ4n) is 3.94. The molecule has 10 heteroatoms. The minimum absolute atomic E-state index is 0.00629.